The highest BCUT2D eigenvalue weighted by Gasteiger charge is 2.27. The van der Waals surface area contributed by atoms with Gasteiger partial charge in [-0.2, -0.15) is 0 Å². The molecule has 0 saturated carbocycles. The fourth-order valence-corrected chi connectivity index (χ4v) is 3.07. The quantitative estimate of drug-likeness (QED) is 0.833. The van der Waals surface area contributed by atoms with Gasteiger partial charge in [0.05, 0.1) is 5.69 Å². The first-order valence-electron chi connectivity index (χ1n) is 7.47. The molecule has 1 unspecified atom stereocenters. The lowest BCUT2D eigenvalue weighted by Gasteiger charge is -2.18. The zero-order valence-corrected chi connectivity index (χ0v) is 15.1. The maximum Gasteiger partial charge on any atom is 0.326 e. The Morgan fingerprint density at radius 1 is 1.43 bits per heavy atom. The number of pyridine rings is 1. The average molecular weight is 382 g/mol. The van der Waals surface area contributed by atoms with E-state index in [-0.39, 0.29) is 5.92 Å². The summed E-state index contributed by atoms with van der Waals surface area (Å²) in [7, 11) is 0. The van der Waals surface area contributed by atoms with Crippen LogP contribution in [0.1, 0.15) is 42.5 Å². The predicted molar refractivity (Wildman–Crippen MR) is 90.7 cm³/mol. The molecule has 0 aliphatic carbocycles. The predicted octanol–water partition coefficient (Wildman–Crippen LogP) is 2.81. The second-order valence-electron chi connectivity index (χ2n) is 5.83. The first-order chi connectivity index (χ1) is 10.8. The first kappa shape index (κ1) is 17.5. The Balaban J connectivity index is 2.53. The van der Waals surface area contributed by atoms with Crippen LogP contribution in [-0.4, -0.2) is 32.4 Å². The van der Waals surface area contributed by atoms with E-state index in [1.165, 1.54) is 0 Å². The molecule has 1 atom stereocenters. The standard InChI is InChI=1S/C16H20BrN3O3/c1-5-11-13(15(21)19-12(8(2)3)16(22)23)20-7-10(17)6-9(4)14(20)18-11/h6-8,12H,5H2,1-4H3,(H,19,21)(H,22,23). The number of carbonyl (C=O) groups is 2. The number of carboxylic acids is 1. The molecule has 6 nitrogen and oxygen atoms in total. The molecule has 0 saturated heterocycles. The number of aliphatic carboxylic acids is 1. The number of rotatable bonds is 5. The van der Waals surface area contributed by atoms with Crippen molar-refractivity contribution in [1.29, 1.82) is 0 Å². The lowest BCUT2D eigenvalue weighted by molar-refractivity contribution is -0.140. The van der Waals surface area contributed by atoms with E-state index in [1.54, 1.807) is 24.4 Å². The molecule has 1 amide bonds. The molecule has 0 spiro atoms. The number of carboxylic acid groups (broad SMARTS) is 1. The maximum absolute atomic E-state index is 12.7. The molecular weight excluding hydrogens is 362 g/mol. The number of halogens is 1. The normalized spacial score (nSPS) is 12.6. The van der Waals surface area contributed by atoms with E-state index in [1.807, 2.05) is 19.9 Å². The number of hydrogen-bond acceptors (Lipinski definition) is 3. The van der Waals surface area contributed by atoms with Crippen molar-refractivity contribution in [3.63, 3.8) is 0 Å². The highest BCUT2D eigenvalue weighted by atomic mass is 79.9. The van der Waals surface area contributed by atoms with E-state index in [9.17, 15) is 14.7 Å². The van der Waals surface area contributed by atoms with Crippen LogP contribution in [0.4, 0.5) is 0 Å². The third-order valence-corrected chi connectivity index (χ3v) is 4.15. The monoisotopic (exact) mass is 381 g/mol. The second kappa shape index (κ2) is 6.70. The molecule has 0 aliphatic heterocycles. The van der Waals surface area contributed by atoms with Crippen LogP contribution in [0.25, 0.3) is 5.65 Å². The second-order valence-corrected chi connectivity index (χ2v) is 6.74. The lowest BCUT2D eigenvalue weighted by atomic mass is 10.0. The maximum atomic E-state index is 12.7. The Kier molecular flexibility index (Phi) is 5.09. The van der Waals surface area contributed by atoms with E-state index in [4.69, 9.17) is 0 Å². The van der Waals surface area contributed by atoms with Gasteiger partial charge in [0.25, 0.3) is 5.91 Å². The fraction of sp³-hybridized carbons (Fsp3) is 0.438. The third-order valence-electron chi connectivity index (χ3n) is 3.71. The van der Waals surface area contributed by atoms with Crippen LogP contribution in [-0.2, 0) is 11.2 Å². The van der Waals surface area contributed by atoms with Crippen molar-refractivity contribution in [2.75, 3.05) is 0 Å². The number of imidazole rings is 1. The number of aromatic nitrogens is 2. The van der Waals surface area contributed by atoms with Gasteiger partial charge in [0.15, 0.2) is 0 Å². The van der Waals surface area contributed by atoms with Gasteiger partial charge in [0.1, 0.15) is 17.4 Å². The average Bonchev–Trinajstić information content (AvgIpc) is 2.82. The van der Waals surface area contributed by atoms with E-state index >= 15 is 0 Å². The molecule has 2 aromatic heterocycles. The first-order valence-corrected chi connectivity index (χ1v) is 8.26. The van der Waals surface area contributed by atoms with Crippen LogP contribution < -0.4 is 5.32 Å². The Morgan fingerprint density at radius 2 is 2.09 bits per heavy atom. The summed E-state index contributed by atoms with van der Waals surface area (Å²) in [5, 5.41) is 11.9. The molecule has 0 bridgehead atoms. The van der Waals surface area contributed by atoms with Gasteiger partial charge in [-0.1, -0.05) is 20.8 Å². The topological polar surface area (TPSA) is 83.7 Å². The number of fused-ring (bicyclic) bond motifs is 1. The summed E-state index contributed by atoms with van der Waals surface area (Å²) in [5.41, 5.74) is 2.67. The van der Waals surface area contributed by atoms with E-state index in [0.29, 0.717) is 23.5 Å². The minimum Gasteiger partial charge on any atom is -0.480 e. The Labute approximate surface area is 143 Å². The van der Waals surface area contributed by atoms with Crippen molar-refractivity contribution in [3.8, 4) is 0 Å². The van der Waals surface area contributed by atoms with E-state index in [2.05, 4.69) is 26.2 Å². The summed E-state index contributed by atoms with van der Waals surface area (Å²) in [6.45, 7) is 7.35. The largest absolute Gasteiger partial charge is 0.480 e. The highest BCUT2D eigenvalue weighted by molar-refractivity contribution is 9.10. The zero-order valence-electron chi connectivity index (χ0n) is 13.6. The Hall–Kier alpha value is -1.89. The van der Waals surface area contributed by atoms with E-state index in [0.717, 1.165) is 10.0 Å². The fourth-order valence-electron chi connectivity index (χ4n) is 2.53. The Morgan fingerprint density at radius 3 is 2.61 bits per heavy atom. The molecule has 0 aromatic carbocycles. The Bertz CT molecular complexity index is 768. The van der Waals surface area contributed by atoms with Crippen LogP contribution in [0, 0.1) is 12.8 Å². The summed E-state index contributed by atoms with van der Waals surface area (Å²) in [6.07, 6.45) is 2.36. The smallest absolute Gasteiger partial charge is 0.326 e. The molecule has 2 heterocycles. The molecule has 124 valence electrons. The summed E-state index contributed by atoms with van der Waals surface area (Å²) in [6, 6.07) is 0.989. The van der Waals surface area contributed by atoms with Gasteiger partial charge < -0.3 is 10.4 Å². The highest BCUT2D eigenvalue weighted by Crippen LogP contribution is 2.21. The molecule has 2 rings (SSSR count). The molecule has 0 fully saturated rings. The van der Waals surface area contributed by atoms with Crippen LogP contribution in [0.3, 0.4) is 0 Å². The van der Waals surface area contributed by atoms with Gasteiger partial charge in [-0.25, -0.2) is 9.78 Å². The van der Waals surface area contributed by atoms with Crippen molar-refractivity contribution in [3.05, 3.63) is 33.7 Å². The zero-order chi connectivity index (χ0) is 17.3. The van der Waals surface area contributed by atoms with Gasteiger partial charge in [-0.15, -0.1) is 0 Å². The number of amides is 1. The third kappa shape index (κ3) is 3.39. The van der Waals surface area contributed by atoms with Crippen LogP contribution in [0.2, 0.25) is 0 Å². The number of hydrogen-bond donors (Lipinski definition) is 2. The van der Waals surface area contributed by atoms with Gasteiger partial charge in [-0.05, 0) is 46.8 Å². The minimum atomic E-state index is -1.04. The number of nitrogens with zero attached hydrogens (tertiary/aromatic N) is 2. The van der Waals surface area contributed by atoms with Gasteiger partial charge in [-0.3, -0.25) is 9.20 Å². The number of carbonyl (C=O) groups excluding carboxylic acids is 1. The molecule has 2 N–H and O–H groups in total. The lowest BCUT2D eigenvalue weighted by Crippen LogP contribution is -2.44. The van der Waals surface area contributed by atoms with Crippen LogP contribution in [0.15, 0.2) is 16.7 Å². The van der Waals surface area contributed by atoms with Gasteiger partial charge in [0.2, 0.25) is 0 Å². The SMILES string of the molecule is CCc1nc2c(C)cc(Br)cn2c1C(=O)NC(C(=O)O)C(C)C. The molecule has 23 heavy (non-hydrogen) atoms. The summed E-state index contributed by atoms with van der Waals surface area (Å²) < 4.78 is 2.54. The van der Waals surface area contributed by atoms with Gasteiger partial charge in [0, 0.05) is 10.7 Å². The molecule has 0 aliphatic rings. The summed E-state index contributed by atoms with van der Waals surface area (Å²) in [5.74, 6) is -1.68. The number of nitrogens with one attached hydrogen (secondary N) is 1. The summed E-state index contributed by atoms with van der Waals surface area (Å²) in [4.78, 5) is 28.5. The molecule has 7 heteroatoms. The van der Waals surface area contributed by atoms with Crippen molar-refractivity contribution >= 4 is 33.5 Å². The molecule has 0 radical (unpaired) electrons. The summed E-state index contributed by atoms with van der Waals surface area (Å²) >= 11 is 3.42. The van der Waals surface area contributed by atoms with Crippen molar-refractivity contribution < 1.29 is 14.7 Å². The van der Waals surface area contributed by atoms with Gasteiger partial charge >= 0.3 is 5.97 Å². The molecule has 2 aromatic rings. The minimum absolute atomic E-state index is 0.214. The van der Waals surface area contributed by atoms with Crippen LogP contribution >= 0.6 is 15.9 Å². The van der Waals surface area contributed by atoms with Crippen molar-refractivity contribution in [2.24, 2.45) is 5.92 Å². The van der Waals surface area contributed by atoms with E-state index < -0.39 is 17.9 Å². The van der Waals surface area contributed by atoms with Crippen molar-refractivity contribution in [2.45, 2.75) is 40.2 Å². The van der Waals surface area contributed by atoms with Crippen molar-refractivity contribution in [1.82, 2.24) is 14.7 Å². The number of aryl methyl sites for hydroxylation is 2. The van der Waals surface area contributed by atoms with Crippen LogP contribution in [0.5, 0.6) is 0 Å². The molecular formula is C16H20BrN3O3.